The van der Waals surface area contributed by atoms with Gasteiger partial charge in [0.25, 0.3) is 11.8 Å². The van der Waals surface area contributed by atoms with Crippen molar-refractivity contribution in [3.05, 3.63) is 149 Å². The minimum atomic E-state index is -0.591. The first kappa shape index (κ1) is 32.9. The molecule has 0 radical (unpaired) electrons. The van der Waals surface area contributed by atoms with Crippen molar-refractivity contribution < 1.29 is 24.2 Å². The van der Waals surface area contributed by atoms with E-state index in [1.165, 1.54) is 4.90 Å². The molecule has 1 aromatic heterocycles. The van der Waals surface area contributed by atoms with Crippen molar-refractivity contribution in [3.8, 4) is 11.1 Å². The second-order valence-corrected chi connectivity index (χ2v) is 13.3. The molecule has 8 rings (SSSR count). The molecular formula is C41H39N5O5. The van der Waals surface area contributed by atoms with Crippen LogP contribution >= 0.6 is 0 Å². The normalized spacial score (nSPS) is 20.8. The summed E-state index contributed by atoms with van der Waals surface area (Å²) in [6.07, 6.45) is 3.41. The predicted octanol–water partition coefficient (Wildman–Crippen LogP) is 5.80. The number of anilines is 1. The minimum Gasteiger partial charge on any atom is -0.392 e. The molecule has 0 aliphatic carbocycles. The van der Waals surface area contributed by atoms with Crippen LogP contribution < -0.4 is 4.90 Å². The van der Waals surface area contributed by atoms with Crippen LogP contribution in [0.3, 0.4) is 0 Å². The fourth-order valence-corrected chi connectivity index (χ4v) is 7.19. The standard InChI is InChI=1S/C41H39N5O5/c47-27-28-12-14-30(15-13-28)37-24-34(26-44-18-20-45(21-19-44)41-42-16-5-17-43-41)50-40(51-37)33-9-4-8-32(23-33)31-7-3-6-29(22-31)25-46-38(48)35-10-1-2-11-36(35)39(46)49/h1-17,22-23,34,37,40,47H,18-21,24-27H2/t34-,37+,40+/m1/s1. The highest BCUT2D eigenvalue weighted by Gasteiger charge is 2.36. The van der Waals surface area contributed by atoms with E-state index in [0.29, 0.717) is 17.5 Å². The lowest BCUT2D eigenvalue weighted by Crippen LogP contribution is -2.50. The summed E-state index contributed by atoms with van der Waals surface area (Å²) >= 11 is 0. The first-order valence-corrected chi connectivity index (χ1v) is 17.4. The number of fused-ring (bicyclic) bond motifs is 1. The van der Waals surface area contributed by atoms with Crippen LogP contribution in [0.1, 0.15) is 61.8 Å². The molecule has 0 unspecified atom stereocenters. The summed E-state index contributed by atoms with van der Waals surface area (Å²) in [6.45, 7) is 4.41. The maximum atomic E-state index is 13.0. The van der Waals surface area contributed by atoms with Crippen molar-refractivity contribution in [2.24, 2.45) is 0 Å². The van der Waals surface area contributed by atoms with E-state index in [1.807, 2.05) is 72.8 Å². The Hall–Kier alpha value is -5.26. The number of aromatic nitrogens is 2. The van der Waals surface area contributed by atoms with Gasteiger partial charge in [-0.25, -0.2) is 9.97 Å². The van der Waals surface area contributed by atoms with Crippen LogP contribution in [0.15, 0.2) is 116 Å². The second-order valence-electron chi connectivity index (χ2n) is 13.3. The molecule has 51 heavy (non-hydrogen) atoms. The van der Waals surface area contributed by atoms with E-state index >= 15 is 0 Å². The van der Waals surface area contributed by atoms with Crippen LogP contribution in [0.25, 0.3) is 11.1 Å². The number of piperazine rings is 1. The van der Waals surface area contributed by atoms with Crippen LogP contribution in [0.5, 0.6) is 0 Å². The highest BCUT2D eigenvalue weighted by molar-refractivity contribution is 6.21. The maximum absolute atomic E-state index is 13.0. The van der Waals surface area contributed by atoms with Crippen LogP contribution in [-0.2, 0) is 22.6 Å². The quantitative estimate of drug-likeness (QED) is 0.193. The van der Waals surface area contributed by atoms with Crippen molar-refractivity contribution in [1.29, 1.82) is 0 Å². The number of hydrogen-bond donors (Lipinski definition) is 1. The minimum absolute atomic E-state index is 0.00749. The summed E-state index contributed by atoms with van der Waals surface area (Å²) in [5, 5.41) is 9.61. The third-order valence-corrected chi connectivity index (χ3v) is 9.92. The summed E-state index contributed by atoms with van der Waals surface area (Å²) in [5.74, 6) is 0.230. The molecule has 2 saturated heterocycles. The number of rotatable bonds is 9. The lowest BCUT2D eigenvalue weighted by atomic mass is 9.98. The lowest BCUT2D eigenvalue weighted by Gasteiger charge is -2.40. The van der Waals surface area contributed by atoms with E-state index in [1.54, 1.807) is 36.7 Å². The molecule has 258 valence electrons. The van der Waals surface area contributed by atoms with Gasteiger partial charge >= 0.3 is 0 Å². The molecule has 1 N–H and O–H groups in total. The third-order valence-electron chi connectivity index (χ3n) is 9.92. The molecule has 10 nitrogen and oxygen atoms in total. The molecule has 10 heteroatoms. The number of hydrogen-bond acceptors (Lipinski definition) is 9. The fraction of sp³-hybridized carbons (Fsp3) is 0.268. The first-order valence-electron chi connectivity index (χ1n) is 17.4. The highest BCUT2D eigenvalue weighted by atomic mass is 16.7. The van der Waals surface area contributed by atoms with Gasteiger partial charge in [0.05, 0.1) is 36.5 Å². The largest absolute Gasteiger partial charge is 0.392 e. The van der Waals surface area contributed by atoms with Crippen LogP contribution in [0, 0.1) is 0 Å². The van der Waals surface area contributed by atoms with Gasteiger partial charge < -0.3 is 19.5 Å². The number of nitrogens with zero attached hydrogens (tertiary/aromatic N) is 5. The van der Waals surface area contributed by atoms with Gasteiger partial charge in [-0.2, -0.15) is 0 Å². The Bertz CT molecular complexity index is 1980. The lowest BCUT2D eigenvalue weighted by molar-refractivity contribution is -0.253. The van der Waals surface area contributed by atoms with Gasteiger partial charge in [-0.3, -0.25) is 19.4 Å². The summed E-state index contributed by atoms with van der Waals surface area (Å²) in [6, 6.07) is 32.9. The molecule has 2 fully saturated rings. The molecule has 2 amide bonds. The number of imide groups is 1. The molecule has 3 aliphatic rings. The van der Waals surface area contributed by atoms with Crippen LogP contribution in [-0.4, -0.2) is 75.5 Å². The Morgan fingerprint density at radius 1 is 0.686 bits per heavy atom. The summed E-state index contributed by atoms with van der Waals surface area (Å²) in [7, 11) is 0. The number of ether oxygens (including phenoxy) is 2. The van der Waals surface area contributed by atoms with Crippen molar-refractivity contribution >= 4 is 17.8 Å². The van der Waals surface area contributed by atoms with E-state index < -0.39 is 6.29 Å². The average molecular weight is 682 g/mol. The highest BCUT2D eigenvalue weighted by Crippen LogP contribution is 2.39. The SMILES string of the molecule is O=C1c2ccccc2C(=O)N1Cc1cccc(-c2cccc([C@H]3O[C@@H](CN4CCN(c5ncccn5)CC4)C[C@@H](c4ccc(CO)cc4)O3)c2)c1. The Morgan fingerprint density at radius 2 is 1.37 bits per heavy atom. The van der Waals surface area contributed by atoms with Crippen LogP contribution in [0.4, 0.5) is 5.95 Å². The summed E-state index contributed by atoms with van der Waals surface area (Å²) in [4.78, 5) is 40.9. The molecule has 4 aromatic carbocycles. The Balaban J connectivity index is 1.00. The number of aliphatic hydroxyl groups excluding tert-OH is 1. The molecule has 3 atom stereocenters. The molecule has 0 spiro atoms. The number of carbonyl (C=O) groups is 2. The maximum Gasteiger partial charge on any atom is 0.261 e. The van der Waals surface area contributed by atoms with E-state index in [-0.39, 0.29) is 37.2 Å². The van der Waals surface area contributed by atoms with E-state index in [9.17, 15) is 14.7 Å². The van der Waals surface area contributed by atoms with Gasteiger partial charge in [0.1, 0.15) is 0 Å². The molecule has 3 aliphatic heterocycles. The first-order chi connectivity index (χ1) is 25.0. The zero-order chi connectivity index (χ0) is 34.7. The fourth-order valence-electron chi connectivity index (χ4n) is 7.19. The van der Waals surface area contributed by atoms with Crippen molar-refractivity contribution in [3.63, 3.8) is 0 Å². The number of benzene rings is 4. The smallest absolute Gasteiger partial charge is 0.261 e. The Morgan fingerprint density at radius 3 is 2.08 bits per heavy atom. The van der Waals surface area contributed by atoms with Gasteiger partial charge in [0, 0.05) is 57.1 Å². The van der Waals surface area contributed by atoms with Gasteiger partial charge in [0.15, 0.2) is 6.29 Å². The molecule has 0 bridgehead atoms. The number of carbonyl (C=O) groups excluding carboxylic acids is 2. The Kier molecular flexibility index (Phi) is 9.38. The number of aliphatic hydroxyl groups is 1. The predicted molar refractivity (Wildman–Crippen MR) is 192 cm³/mol. The summed E-state index contributed by atoms with van der Waals surface area (Å²) < 4.78 is 13.4. The van der Waals surface area contributed by atoms with E-state index in [4.69, 9.17) is 9.47 Å². The third kappa shape index (κ3) is 7.04. The summed E-state index contributed by atoms with van der Waals surface area (Å²) in [5.41, 5.74) is 6.52. The Labute approximate surface area is 296 Å². The van der Waals surface area contributed by atoms with E-state index in [0.717, 1.165) is 72.1 Å². The van der Waals surface area contributed by atoms with Crippen LogP contribution in [0.2, 0.25) is 0 Å². The van der Waals surface area contributed by atoms with Crippen molar-refractivity contribution in [1.82, 2.24) is 19.8 Å². The zero-order valence-electron chi connectivity index (χ0n) is 28.2. The zero-order valence-corrected chi connectivity index (χ0v) is 28.2. The molecular weight excluding hydrogens is 642 g/mol. The van der Waals surface area contributed by atoms with Crippen molar-refractivity contribution in [2.45, 2.75) is 38.1 Å². The molecule has 5 aromatic rings. The number of amides is 2. The van der Waals surface area contributed by atoms with Gasteiger partial charge in [0.2, 0.25) is 5.95 Å². The van der Waals surface area contributed by atoms with Crippen molar-refractivity contribution in [2.75, 3.05) is 37.6 Å². The second kappa shape index (κ2) is 14.5. The van der Waals surface area contributed by atoms with Gasteiger partial charge in [-0.05, 0) is 58.1 Å². The molecule has 4 heterocycles. The topological polar surface area (TPSA) is 108 Å². The van der Waals surface area contributed by atoms with Gasteiger partial charge in [-0.15, -0.1) is 0 Å². The average Bonchev–Trinajstić information content (AvgIpc) is 3.43. The van der Waals surface area contributed by atoms with Gasteiger partial charge in [-0.1, -0.05) is 72.8 Å². The molecule has 0 saturated carbocycles. The van der Waals surface area contributed by atoms with E-state index in [2.05, 4.69) is 25.8 Å². The monoisotopic (exact) mass is 681 g/mol.